The van der Waals surface area contributed by atoms with Gasteiger partial charge in [0, 0.05) is 6.42 Å². The summed E-state index contributed by atoms with van der Waals surface area (Å²) < 4.78 is 10.2. The van der Waals surface area contributed by atoms with E-state index in [0.717, 1.165) is 0 Å². The third-order valence-electron chi connectivity index (χ3n) is 2.79. The van der Waals surface area contributed by atoms with Crippen LogP contribution in [0.15, 0.2) is 48.5 Å². The first-order chi connectivity index (χ1) is 10.6. The van der Waals surface area contributed by atoms with Crippen molar-refractivity contribution in [3.8, 4) is 11.5 Å². The minimum Gasteiger partial charge on any atom is -0.427 e. The normalized spacial score (nSPS) is 9.64. The standard InChI is InChI=1S/C17H13NO4/c1-3-16(19)21-14-8-4-12(5-9-14)17(20)22-15-10-6-13(18-2)7-11-15/h4-11H,3H2,1H3. The van der Waals surface area contributed by atoms with Gasteiger partial charge < -0.3 is 9.47 Å². The van der Waals surface area contributed by atoms with Crippen LogP contribution >= 0.6 is 0 Å². The van der Waals surface area contributed by atoms with Crippen molar-refractivity contribution in [2.24, 2.45) is 0 Å². The second kappa shape index (κ2) is 7.04. The molecule has 5 heteroatoms. The first kappa shape index (κ1) is 15.3. The number of esters is 2. The number of carbonyl (C=O) groups excluding carboxylic acids is 2. The van der Waals surface area contributed by atoms with Crippen molar-refractivity contribution >= 4 is 17.6 Å². The average Bonchev–Trinajstić information content (AvgIpc) is 2.56. The molecule has 0 unspecified atom stereocenters. The molecule has 0 aliphatic carbocycles. The SMILES string of the molecule is [C-]#[N+]c1ccc(OC(=O)c2ccc(OC(=O)CC)cc2)cc1. The molecular formula is C17H13NO4. The van der Waals surface area contributed by atoms with Crippen molar-refractivity contribution in [3.63, 3.8) is 0 Å². The van der Waals surface area contributed by atoms with E-state index in [0.29, 0.717) is 22.7 Å². The van der Waals surface area contributed by atoms with Crippen LogP contribution < -0.4 is 9.47 Å². The summed E-state index contributed by atoms with van der Waals surface area (Å²) in [6.07, 6.45) is 0.282. The molecule has 0 aliphatic heterocycles. The van der Waals surface area contributed by atoms with Gasteiger partial charge in [-0.15, -0.1) is 0 Å². The molecule has 0 saturated heterocycles. The lowest BCUT2D eigenvalue weighted by Gasteiger charge is -2.06. The molecule has 110 valence electrons. The van der Waals surface area contributed by atoms with E-state index in [9.17, 15) is 9.59 Å². The third-order valence-corrected chi connectivity index (χ3v) is 2.79. The van der Waals surface area contributed by atoms with Crippen LogP contribution in [-0.2, 0) is 4.79 Å². The minimum atomic E-state index is -0.524. The number of benzene rings is 2. The summed E-state index contributed by atoms with van der Waals surface area (Å²) in [5.74, 6) is -0.122. The second-order valence-electron chi connectivity index (χ2n) is 4.35. The highest BCUT2D eigenvalue weighted by molar-refractivity contribution is 5.91. The number of hydrogen-bond acceptors (Lipinski definition) is 4. The largest absolute Gasteiger partial charge is 0.427 e. The van der Waals surface area contributed by atoms with E-state index in [2.05, 4.69) is 4.85 Å². The molecule has 0 spiro atoms. The van der Waals surface area contributed by atoms with Gasteiger partial charge in [-0.25, -0.2) is 9.64 Å². The predicted octanol–water partition coefficient (Wildman–Crippen LogP) is 3.77. The Labute approximate surface area is 127 Å². The van der Waals surface area contributed by atoms with Gasteiger partial charge in [0.05, 0.1) is 12.1 Å². The van der Waals surface area contributed by atoms with Crippen LogP contribution in [0.4, 0.5) is 5.69 Å². The van der Waals surface area contributed by atoms with Crippen LogP contribution in [0.1, 0.15) is 23.7 Å². The van der Waals surface area contributed by atoms with Crippen molar-refractivity contribution in [1.29, 1.82) is 0 Å². The van der Waals surface area contributed by atoms with E-state index in [1.165, 1.54) is 24.3 Å². The van der Waals surface area contributed by atoms with Crippen LogP contribution in [0.2, 0.25) is 0 Å². The Kier molecular flexibility index (Phi) is 4.89. The van der Waals surface area contributed by atoms with Gasteiger partial charge in [-0.05, 0) is 36.4 Å². The Balaban J connectivity index is 2.03. The van der Waals surface area contributed by atoms with Crippen molar-refractivity contribution in [3.05, 3.63) is 65.5 Å². The lowest BCUT2D eigenvalue weighted by Crippen LogP contribution is -2.09. The average molecular weight is 295 g/mol. The Morgan fingerprint density at radius 3 is 2.05 bits per heavy atom. The molecule has 0 heterocycles. The molecular weight excluding hydrogens is 282 g/mol. The molecule has 0 atom stereocenters. The molecule has 22 heavy (non-hydrogen) atoms. The summed E-state index contributed by atoms with van der Waals surface area (Å²) >= 11 is 0. The predicted molar refractivity (Wildman–Crippen MR) is 80.0 cm³/mol. The molecule has 0 N–H and O–H groups in total. The lowest BCUT2D eigenvalue weighted by atomic mass is 10.2. The summed E-state index contributed by atoms with van der Waals surface area (Å²) in [5.41, 5.74) is 0.812. The van der Waals surface area contributed by atoms with Gasteiger partial charge in [0.1, 0.15) is 11.5 Å². The van der Waals surface area contributed by atoms with Gasteiger partial charge in [-0.2, -0.15) is 0 Å². The molecule has 2 aromatic rings. The van der Waals surface area contributed by atoms with E-state index in [1.54, 1.807) is 31.2 Å². The maximum Gasteiger partial charge on any atom is 0.343 e. The fourth-order valence-corrected chi connectivity index (χ4v) is 1.62. The number of nitrogens with zero attached hydrogens (tertiary/aromatic N) is 1. The van der Waals surface area contributed by atoms with E-state index in [4.69, 9.17) is 16.0 Å². The number of ether oxygens (including phenoxy) is 2. The highest BCUT2D eigenvalue weighted by Gasteiger charge is 2.09. The molecule has 0 saturated carbocycles. The van der Waals surface area contributed by atoms with Crippen molar-refractivity contribution in [1.82, 2.24) is 0 Å². The quantitative estimate of drug-likeness (QED) is 0.489. The maximum atomic E-state index is 12.0. The van der Waals surface area contributed by atoms with Gasteiger partial charge in [0.2, 0.25) is 0 Å². The van der Waals surface area contributed by atoms with Crippen LogP contribution in [0.25, 0.3) is 4.85 Å². The fraction of sp³-hybridized carbons (Fsp3) is 0.118. The summed E-state index contributed by atoms with van der Waals surface area (Å²) in [7, 11) is 0. The van der Waals surface area contributed by atoms with Crippen LogP contribution in [0.5, 0.6) is 11.5 Å². The molecule has 0 fully saturated rings. The molecule has 0 aliphatic rings. The molecule has 0 bridgehead atoms. The summed E-state index contributed by atoms with van der Waals surface area (Å²) in [5, 5.41) is 0. The van der Waals surface area contributed by atoms with E-state index >= 15 is 0 Å². The smallest absolute Gasteiger partial charge is 0.343 e. The molecule has 0 amide bonds. The lowest BCUT2D eigenvalue weighted by molar-refractivity contribution is -0.134. The van der Waals surface area contributed by atoms with Gasteiger partial charge in [-0.3, -0.25) is 4.79 Å². The Morgan fingerprint density at radius 1 is 0.955 bits per heavy atom. The van der Waals surface area contributed by atoms with Gasteiger partial charge in [0.25, 0.3) is 0 Å². The zero-order valence-corrected chi connectivity index (χ0v) is 11.9. The van der Waals surface area contributed by atoms with Crippen LogP contribution in [0.3, 0.4) is 0 Å². The second-order valence-corrected chi connectivity index (χ2v) is 4.35. The summed E-state index contributed by atoms with van der Waals surface area (Å²) in [4.78, 5) is 26.4. The minimum absolute atomic E-state index is 0.282. The Morgan fingerprint density at radius 2 is 1.50 bits per heavy atom. The molecule has 0 radical (unpaired) electrons. The highest BCUT2D eigenvalue weighted by Crippen LogP contribution is 2.19. The van der Waals surface area contributed by atoms with E-state index < -0.39 is 5.97 Å². The topological polar surface area (TPSA) is 57.0 Å². The summed E-state index contributed by atoms with van der Waals surface area (Å²) in [6, 6.07) is 12.4. The fourth-order valence-electron chi connectivity index (χ4n) is 1.62. The zero-order valence-electron chi connectivity index (χ0n) is 11.9. The van der Waals surface area contributed by atoms with Gasteiger partial charge >= 0.3 is 11.9 Å². The van der Waals surface area contributed by atoms with Crippen molar-refractivity contribution in [2.75, 3.05) is 0 Å². The first-order valence-corrected chi connectivity index (χ1v) is 6.63. The molecule has 2 aromatic carbocycles. The highest BCUT2D eigenvalue weighted by atomic mass is 16.5. The zero-order chi connectivity index (χ0) is 15.9. The van der Waals surface area contributed by atoms with Crippen molar-refractivity contribution < 1.29 is 19.1 Å². The van der Waals surface area contributed by atoms with Gasteiger partial charge in [-0.1, -0.05) is 19.1 Å². The third kappa shape index (κ3) is 3.93. The Hall–Kier alpha value is -3.13. The molecule has 2 rings (SSSR count). The monoisotopic (exact) mass is 295 g/mol. The Bertz CT molecular complexity index is 712. The first-order valence-electron chi connectivity index (χ1n) is 6.63. The number of hydrogen-bond donors (Lipinski definition) is 0. The number of rotatable bonds is 4. The van der Waals surface area contributed by atoms with Crippen LogP contribution in [-0.4, -0.2) is 11.9 Å². The molecule has 0 aromatic heterocycles. The summed E-state index contributed by atoms with van der Waals surface area (Å²) in [6.45, 7) is 8.56. The van der Waals surface area contributed by atoms with Crippen molar-refractivity contribution in [2.45, 2.75) is 13.3 Å². The van der Waals surface area contributed by atoms with Gasteiger partial charge in [0.15, 0.2) is 5.69 Å². The van der Waals surface area contributed by atoms with E-state index in [-0.39, 0.29) is 12.4 Å². The maximum absolute atomic E-state index is 12.0. The van der Waals surface area contributed by atoms with Crippen LogP contribution in [0, 0.1) is 6.57 Å². The number of carbonyl (C=O) groups is 2. The van der Waals surface area contributed by atoms with E-state index in [1.807, 2.05) is 0 Å². The molecule has 5 nitrogen and oxygen atoms in total.